The fraction of sp³-hybridized carbons (Fsp3) is 0.800. The highest BCUT2D eigenvalue weighted by molar-refractivity contribution is 7.11. The molecule has 0 atom stereocenters. The van der Waals surface area contributed by atoms with Gasteiger partial charge in [-0.2, -0.15) is 0 Å². The Morgan fingerprint density at radius 3 is 2.58 bits per heavy atom. The summed E-state index contributed by atoms with van der Waals surface area (Å²) in [6.07, 6.45) is 7.77. The Labute approximate surface area is 121 Å². The van der Waals surface area contributed by atoms with E-state index in [4.69, 9.17) is 4.98 Å². The molecule has 1 aliphatic rings. The molecular weight excluding hydrogens is 254 g/mol. The van der Waals surface area contributed by atoms with Gasteiger partial charge < -0.3 is 10.2 Å². The highest BCUT2D eigenvalue weighted by atomic mass is 32.1. The Bertz CT molecular complexity index is 367. The minimum absolute atomic E-state index is 0.963. The average molecular weight is 281 g/mol. The Morgan fingerprint density at radius 1 is 1.21 bits per heavy atom. The van der Waals surface area contributed by atoms with Crippen molar-refractivity contribution < 1.29 is 0 Å². The lowest BCUT2D eigenvalue weighted by Crippen LogP contribution is -2.26. The van der Waals surface area contributed by atoms with Crippen LogP contribution in [0.3, 0.4) is 0 Å². The van der Waals surface area contributed by atoms with Crippen molar-refractivity contribution >= 4 is 11.3 Å². The Balaban J connectivity index is 1.87. The molecular formula is C15H27N3S. The first-order valence-corrected chi connectivity index (χ1v) is 8.49. The zero-order chi connectivity index (χ0) is 13.5. The second-order valence-electron chi connectivity index (χ2n) is 5.37. The number of aromatic nitrogens is 1. The lowest BCUT2D eigenvalue weighted by atomic mass is 10.2. The van der Waals surface area contributed by atoms with Gasteiger partial charge in [0.25, 0.3) is 0 Å². The van der Waals surface area contributed by atoms with Gasteiger partial charge in [0.05, 0.1) is 10.7 Å². The minimum Gasteiger partial charge on any atom is -0.315 e. The molecule has 4 heteroatoms. The van der Waals surface area contributed by atoms with Gasteiger partial charge in [-0.3, -0.25) is 0 Å². The summed E-state index contributed by atoms with van der Waals surface area (Å²) in [4.78, 5) is 8.86. The van der Waals surface area contributed by atoms with E-state index in [0.29, 0.717) is 0 Å². The predicted octanol–water partition coefficient (Wildman–Crippen LogP) is 2.84. The lowest BCUT2D eigenvalue weighted by molar-refractivity contribution is 0.288. The first kappa shape index (κ1) is 14.9. The summed E-state index contributed by atoms with van der Waals surface area (Å²) in [5.41, 5.74) is 1.30. The molecule has 3 nitrogen and oxygen atoms in total. The van der Waals surface area contributed by atoms with Crippen LogP contribution in [0.4, 0.5) is 0 Å². The predicted molar refractivity (Wildman–Crippen MR) is 82.9 cm³/mol. The molecule has 0 unspecified atom stereocenters. The second kappa shape index (κ2) is 7.98. The van der Waals surface area contributed by atoms with Crippen LogP contribution in [-0.4, -0.2) is 36.6 Å². The van der Waals surface area contributed by atoms with Gasteiger partial charge in [0.2, 0.25) is 0 Å². The number of hydrogen-bond acceptors (Lipinski definition) is 4. The fourth-order valence-electron chi connectivity index (χ4n) is 2.73. The van der Waals surface area contributed by atoms with Crippen molar-refractivity contribution in [3.63, 3.8) is 0 Å². The van der Waals surface area contributed by atoms with E-state index >= 15 is 0 Å². The molecule has 108 valence electrons. The number of thiazole rings is 1. The van der Waals surface area contributed by atoms with Gasteiger partial charge in [0.1, 0.15) is 0 Å². The second-order valence-corrected chi connectivity index (χ2v) is 6.54. The molecule has 0 saturated carbocycles. The molecule has 1 aromatic heterocycles. The van der Waals surface area contributed by atoms with Crippen molar-refractivity contribution in [3.05, 3.63) is 15.6 Å². The van der Waals surface area contributed by atoms with Crippen LogP contribution >= 0.6 is 11.3 Å². The van der Waals surface area contributed by atoms with Gasteiger partial charge in [0.15, 0.2) is 0 Å². The molecule has 1 fully saturated rings. The highest BCUT2D eigenvalue weighted by Gasteiger charge is 2.12. The van der Waals surface area contributed by atoms with Crippen molar-refractivity contribution in [3.8, 4) is 0 Å². The van der Waals surface area contributed by atoms with Gasteiger partial charge in [-0.25, -0.2) is 4.98 Å². The van der Waals surface area contributed by atoms with Crippen molar-refractivity contribution in [1.29, 1.82) is 0 Å². The summed E-state index contributed by atoms with van der Waals surface area (Å²) in [7, 11) is 2.01. The zero-order valence-corrected chi connectivity index (χ0v) is 13.2. The quantitative estimate of drug-likeness (QED) is 0.869. The Hall–Kier alpha value is -0.450. The number of nitrogens with one attached hydrogen (secondary N) is 1. The third-order valence-electron chi connectivity index (χ3n) is 3.84. The third kappa shape index (κ3) is 4.55. The molecule has 0 amide bonds. The van der Waals surface area contributed by atoms with Gasteiger partial charge in [-0.05, 0) is 39.4 Å². The number of hydrogen-bond donors (Lipinski definition) is 1. The van der Waals surface area contributed by atoms with Crippen LogP contribution in [0, 0.1) is 0 Å². The normalized spacial score (nSPS) is 17.6. The summed E-state index contributed by atoms with van der Waals surface area (Å²) in [5, 5.41) is 4.57. The minimum atomic E-state index is 0.963. The third-order valence-corrected chi connectivity index (χ3v) is 4.99. The molecule has 0 radical (unpaired) electrons. The van der Waals surface area contributed by atoms with Crippen molar-refractivity contribution in [1.82, 2.24) is 15.2 Å². The molecule has 1 aromatic rings. The van der Waals surface area contributed by atoms with Crippen LogP contribution in [0.15, 0.2) is 0 Å². The highest BCUT2D eigenvalue weighted by Crippen LogP contribution is 2.20. The summed E-state index contributed by atoms with van der Waals surface area (Å²) in [6, 6.07) is 0. The van der Waals surface area contributed by atoms with Gasteiger partial charge in [-0.15, -0.1) is 11.3 Å². The lowest BCUT2D eigenvalue weighted by Gasteiger charge is -2.18. The molecule has 0 bridgehead atoms. The average Bonchev–Trinajstić information content (AvgIpc) is 2.63. The van der Waals surface area contributed by atoms with E-state index in [9.17, 15) is 0 Å². The van der Waals surface area contributed by atoms with E-state index in [1.165, 1.54) is 60.9 Å². The van der Waals surface area contributed by atoms with Gasteiger partial charge >= 0.3 is 0 Å². The summed E-state index contributed by atoms with van der Waals surface area (Å²) < 4.78 is 0. The molecule has 0 aliphatic carbocycles. The van der Waals surface area contributed by atoms with E-state index in [-0.39, 0.29) is 0 Å². The van der Waals surface area contributed by atoms with E-state index in [1.54, 1.807) is 0 Å². The summed E-state index contributed by atoms with van der Waals surface area (Å²) in [5.74, 6) is 0. The smallest absolute Gasteiger partial charge is 0.0944 e. The zero-order valence-electron chi connectivity index (χ0n) is 12.4. The van der Waals surface area contributed by atoms with Crippen molar-refractivity contribution in [2.24, 2.45) is 0 Å². The van der Waals surface area contributed by atoms with Crippen LogP contribution in [0.2, 0.25) is 0 Å². The van der Waals surface area contributed by atoms with Gasteiger partial charge in [-0.1, -0.05) is 19.8 Å². The molecule has 2 rings (SSSR count). The first-order chi connectivity index (χ1) is 9.33. The molecule has 0 spiro atoms. The van der Waals surface area contributed by atoms with E-state index in [2.05, 4.69) is 17.1 Å². The number of aryl methyl sites for hydroxylation is 1. The summed E-state index contributed by atoms with van der Waals surface area (Å²) >= 11 is 1.90. The standard InChI is InChI=1S/C15H27N3S/c1-3-13-14(12-16-2)19-15(17-13)8-11-18-9-6-4-5-7-10-18/h16H,3-12H2,1-2H3. The number of likely N-dealkylation sites (tertiary alicyclic amines) is 1. The Morgan fingerprint density at radius 2 is 1.95 bits per heavy atom. The largest absolute Gasteiger partial charge is 0.315 e. The SMILES string of the molecule is CCc1nc(CCN2CCCCCC2)sc1CNC. The van der Waals surface area contributed by atoms with Crippen molar-refractivity contribution in [2.75, 3.05) is 26.7 Å². The Kier molecular flexibility index (Phi) is 6.28. The van der Waals surface area contributed by atoms with Gasteiger partial charge in [0, 0.05) is 24.4 Å². The number of rotatable bonds is 6. The van der Waals surface area contributed by atoms with Crippen LogP contribution in [0.5, 0.6) is 0 Å². The van der Waals surface area contributed by atoms with Crippen LogP contribution in [-0.2, 0) is 19.4 Å². The molecule has 2 heterocycles. The molecule has 19 heavy (non-hydrogen) atoms. The molecule has 1 N–H and O–H groups in total. The monoisotopic (exact) mass is 281 g/mol. The van der Waals surface area contributed by atoms with E-state index in [0.717, 1.165) is 19.4 Å². The topological polar surface area (TPSA) is 28.2 Å². The van der Waals surface area contributed by atoms with Crippen molar-refractivity contribution in [2.45, 2.75) is 52.0 Å². The number of nitrogens with zero attached hydrogens (tertiary/aromatic N) is 2. The first-order valence-electron chi connectivity index (χ1n) is 7.68. The maximum Gasteiger partial charge on any atom is 0.0944 e. The van der Waals surface area contributed by atoms with E-state index in [1.807, 2.05) is 18.4 Å². The maximum atomic E-state index is 4.81. The maximum absolute atomic E-state index is 4.81. The molecule has 1 saturated heterocycles. The summed E-state index contributed by atoms with van der Waals surface area (Å²) in [6.45, 7) is 6.93. The fourth-order valence-corrected chi connectivity index (χ4v) is 3.89. The molecule has 1 aliphatic heterocycles. The van der Waals surface area contributed by atoms with E-state index < -0.39 is 0 Å². The molecule has 0 aromatic carbocycles. The van der Waals surface area contributed by atoms with Crippen LogP contribution in [0.25, 0.3) is 0 Å². The van der Waals surface area contributed by atoms with Crippen LogP contribution in [0.1, 0.15) is 48.2 Å². The van der Waals surface area contributed by atoms with Crippen LogP contribution < -0.4 is 5.32 Å².